The maximum Gasteiger partial charge on any atom is 0.224 e. The van der Waals surface area contributed by atoms with Crippen molar-refractivity contribution in [1.29, 1.82) is 0 Å². The normalized spacial score (nSPS) is 11.1. The number of aromatic nitrogens is 2. The van der Waals surface area contributed by atoms with Gasteiger partial charge in [0.15, 0.2) is 0 Å². The van der Waals surface area contributed by atoms with Crippen LogP contribution in [-0.2, 0) is 24.2 Å². The summed E-state index contributed by atoms with van der Waals surface area (Å²) in [6.45, 7) is 10.1. The van der Waals surface area contributed by atoms with Crippen molar-refractivity contribution in [3.63, 3.8) is 0 Å². The van der Waals surface area contributed by atoms with E-state index >= 15 is 0 Å². The minimum Gasteiger partial charge on any atom is -0.497 e. The molecule has 4 aromatic rings. The Bertz CT molecular complexity index is 1290. The number of nitrogens with zero attached hydrogens (tertiary/aromatic N) is 2. The molecule has 0 bridgehead atoms. The molecule has 3 aromatic carbocycles. The Labute approximate surface area is 201 Å². The number of hydrogen-bond donors (Lipinski definition) is 1. The molecule has 34 heavy (non-hydrogen) atoms. The van der Waals surface area contributed by atoms with E-state index in [1.54, 1.807) is 7.11 Å². The van der Waals surface area contributed by atoms with E-state index < -0.39 is 0 Å². The third kappa shape index (κ3) is 4.98. The molecule has 0 fully saturated rings. The fourth-order valence-electron chi connectivity index (χ4n) is 4.49. The molecule has 5 nitrogen and oxygen atoms in total. The Hall–Kier alpha value is -3.60. The van der Waals surface area contributed by atoms with Crippen molar-refractivity contribution in [3.8, 4) is 5.75 Å². The monoisotopic (exact) mass is 455 g/mol. The summed E-state index contributed by atoms with van der Waals surface area (Å²) in [5.41, 5.74) is 9.72. The Morgan fingerprint density at radius 3 is 2.32 bits per heavy atom. The van der Waals surface area contributed by atoms with E-state index in [4.69, 9.17) is 9.72 Å². The van der Waals surface area contributed by atoms with Crippen LogP contribution in [0.3, 0.4) is 0 Å². The molecule has 0 spiro atoms. The Morgan fingerprint density at radius 1 is 0.971 bits per heavy atom. The Balaban J connectivity index is 1.51. The van der Waals surface area contributed by atoms with E-state index in [0.717, 1.165) is 34.7 Å². The van der Waals surface area contributed by atoms with E-state index in [2.05, 4.69) is 61.8 Å². The number of aryl methyl sites for hydroxylation is 2. The predicted octanol–water partition coefficient (Wildman–Crippen LogP) is 5.23. The summed E-state index contributed by atoms with van der Waals surface area (Å²) >= 11 is 0. The van der Waals surface area contributed by atoms with Crippen LogP contribution in [0.25, 0.3) is 11.0 Å². The molecule has 0 saturated carbocycles. The molecule has 0 aliphatic rings. The van der Waals surface area contributed by atoms with Crippen LogP contribution in [0.4, 0.5) is 0 Å². The van der Waals surface area contributed by atoms with Crippen LogP contribution >= 0.6 is 0 Å². The molecule has 4 rings (SSSR count). The van der Waals surface area contributed by atoms with Crippen molar-refractivity contribution in [3.05, 3.63) is 93.8 Å². The van der Waals surface area contributed by atoms with Gasteiger partial charge in [0.2, 0.25) is 5.91 Å². The average molecular weight is 456 g/mol. The topological polar surface area (TPSA) is 56.1 Å². The fraction of sp³-hybridized carbons (Fsp3) is 0.310. The first-order chi connectivity index (χ1) is 16.4. The van der Waals surface area contributed by atoms with Gasteiger partial charge in [-0.2, -0.15) is 0 Å². The second kappa shape index (κ2) is 10.1. The number of methoxy groups -OCH3 is 1. The number of amides is 1. The van der Waals surface area contributed by atoms with E-state index in [1.807, 2.05) is 30.3 Å². The second-order valence-corrected chi connectivity index (χ2v) is 8.97. The zero-order chi connectivity index (χ0) is 24.2. The van der Waals surface area contributed by atoms with Gasteiger partial charge in [0.25, 0.3) is 0 Å². The zero-order valence-corrected chi connectivity index (χ0v) is 20.7. The lowest BCUT2D eigenvalue weighted by molar-refractivity contribution is -0.120. The Kier molecular flexibility index (Phi) is 7.01. The van der Waals surface area contributed by atoms with E-state index in [1.165, 1.54) is 27.8 Å². The lowest BCUT2D eigenvalue weighted by Gasteiger charge is -2.18. The molecule has 0 atom stereocenters. The standard InChI is InChI=1S/C29H33N3O2/c1-19-16-20(2)22(4)25(21(19)3)18-32-27-9-7-6-8-26(27)31-28(32)14-15-30-29(33)17-23-10-12-24(34-5)13-11-23/h6-13,16H,14-15,17-18H2,1-5H3,(H,30,33). The lowest BCUT2D eigenvalue weighted by Crippen LogP contribution is -2.28. The first-order valence-corrected chi connectivity index (χ1v) is 11.8. The smallest absolute Gasteiger partial charge is 0.224 e. The van der Waals surface area contributed by atoms with Crippen LogP contribution in [0.15, 0.2) is 54.6 Å². The van der Waals surface area contributed by atoms with Crippen LogP contribution in [0.1, 0.15) is 39.2 Å². The van der Waals surface area contributed by atoms with Crippen molar-refractivity contribution >= 4 is 16.9 Å². The summed E-state index contributed by atoms with van der Waals surface area (Å²) in [4.78, 5) is 17.4. The number of fused-ring (bicyclic) bond motifs is 1. The highest BCUT2D eigenvalue weighted by molar-refractivity contribution is 5.79. The van der Waals surface area contributed by atoms with Crippen molar-refractivity contribution in [2.75, 3.05) is 13.7 Å². The number of benzene rings is 3. The van der Waals surface area contributed by atoms with Gasteiger partial charge in [0, 0.05) is 19.5 Å². The minimum absolute atomic E-state index is 0.00817. The number of rotatable bonds is 8. The molecule has 176 valence electrons. The molecule has 1 heterocycles. The van der Waals surface area contributed by atoms with Crippen molar-refractivity contribution in [2.45, 2.75) is 47.1 Å². The van der Waals surface area contributed by atoms with Crippen molar-refractivity contribution in [2.24, 2.45) is 0 Å². The van der Waals surface area contributed by atoms with Gasteiger partial charge in [-0.3, -0.25) is 4.79 Å². The highest BCUT2D eigenvalue weighted by Gasteiger charge is 2.15. The minimum atomic E-state index is 0.00817. The van der Waals surface area contributed by atoms with E-state index in [-0.39, 0.29) is 5.91 Å². The molecule has 0 radical (unpaired) electrons. The van der Waals surface area contributed by atoms with Gasteiger partial charge in [0.05, 0.1) is 24.6 Å². The Morgan fingerprint density at radius 2 is 1.65 bits per heavy atom. The number of nitrogens with one attached hydrogen (secondary N) is 1. The second-order valence-electron chi connectivity index (χ2n) is 8.97. The molecular formula is C29H33N3O2. The number of carbonyl (C=O) groups excluding carboxylic acids is 1. The summed E-state index contributed by atoms with van der Waals surface area (Å²) in [6, 6.07) is 18.1. The van der Waals surface area contributed by atoms with Gasteiger partial charge in [-0.1, -0.05) is 30.3 Å². The fourth-order valence-corrected chi connectivity index (χ4v) is 4.49. The zero-order valence-electron chi connectivity index (χ0n) is 20.7. The highest BCUT2D eigenvalue weighted by atomic mass is 16.5. The predicted molar refractivity (Wildman–Crippen MR) is 138 cm³/mol. The van der Waals surface area contributed by atoms with Crippen LogP contribution in [0, 0.1) is 27.7 Å². The molecule has 5 heteroatoms. The summed E-state index contributed by atoms with van der Waals surface area (Å²) in [6.07, 6.45) is 1.02. The number of carbonyl (C=O) groups is 1. The van der Waals surface area contributed by atoms with Gasteiger partial charge in [-0.05, 0) is 85.3 Å². The molecule has 0 saturated heterocycles. The number of hydrogen-bond acceptors (Lipinski definition) is 3. The van der Waals surface area contributed by atoms with Crippen LogP contribution in [0.5, 0.6) is 5.75 Å². The summed E-state index contributed by atoms with van der Waals surface area (Å²) in [5.74, 6) is 1.79. The van der Waals surface area contributed by atoms with Crippen LogP contribution in [0.2, 0.25) is 0 Å². The van der Waals surface area contributed by atoms with Gasteiger partial charge in [0.1, 0.15) is 11.6 Å². The number of para-hydroxylation sites is 2. The molecule has 1 amide bonds. The summed E-state index contributed by atoms with van der Waals surface area (Å²) in [7, 11) is 1.64. The van der Waals surface area contributed by atoms with Gasteiger partial charge in [-0.25, -0.2) is 4.98 Å². The third-order valence-electron chi connectivity index (χ3n) is 6.77. The molecule has 0 aliphatic heterocycles. The van der Waals surface area contributed by atoms with Gasteiger partial charge >= 0.3 is 0 Å². The highest BCUT2D eigenvalue weighted by Crippen LogP contribution is 2.25. The number of imidazole rings is 1. The summed E-state index contributed by atoms with van der Waals surface area (Å²) < 4.78 is 7.49. The molecule has 1 N–H and O–H groups in total. The SMILES string of the molecule is COc1ccc(CC(=O)NCCc2nc3ccccc3n2Cc2c(C)c(C)cc(C)c2C)cc1. The maximum absolute atomic E-state index is 12.5. The first-order valence-electron chi connectivity index (χ1n) is 11.8. The molecule has 0 aliphatic carbocycles. The van der Waals surface area contributed by atoms with Crippen molar-refractivity contribution < 1.29 is 9.53 Å². The lowest BCUT2D eigenvalue weighted by atomic mass is 9.94. The van der Waals surface area contributed by atoms with Crippen LogP contribution in [-0.4, -0.2) is 29.1 Å². The van der Waals surface area contributed by atoms with Gasteiger partial charge < -0.3 is 14.6 Å². The summed E-state index contributed by atoms with van der Waals surface area (Å²) in [5, 5.41) is 3.06. The van der Waals surface area contributed by atoms with Gasteiger partial charge in [-0.15, -0.1) is 0 Å². The molecule has 0 unspecified atom stereocenters. The third-order valence-corrected chi connectivity index (χ3v) is 6.77. The maximum atomic E-state index is 12.5. The molecule has 1 aromatic heterocycles. The van der Waals surface area contributed by atoms with E-state index in [9.17, 15) is 4.79 Å². The van der Waals surface area contributed by atoms with E-state index in [0.29, 0.717) is 19.4 Å². The first kappa shape index (κ1) is 23.6. The van der Waals surface area contributed by atoms with Crippen molar-refractivity contribution in [1.82, 2.24) is 14.9 Å². The quantitative estimate of drug-likeness (QED) is 0.396. The largest absolute Gasteiger partial charge is 0.497 e. The molecular weight excluding hydrogens is 422 g/mol. The number of ether oxygens (including phenoxy) is 1. The van der Waals surface area contributed by atoms with Crippen LogP contribution < -0.4 is 10.1 Å². The average Bonchev–Trinajstić information content (AvgIpc) is 3.18.